The number of hydrogen-bond donors (Lipinski definition) is 1. The highest BCUT2D eigenvalue weighted by Gasteiger charge is 2.14. The van der Waals surface area contributed by atoms with E-state index in [-0.39, 0.29) is 0 Å². The van der Waals surface area contributed by atoms with Crippen LogP contribution in [0, 0.1) is 0 Å². The molecule has 0 fully saturated rings. The Kier molecular flexibility index (Phi) is 2.63. The van der Waals surface area contributed by atoms with Crippen molar-refractivity contribution in [3.63, 3.8) is 0 Å². The number of hydrogen-bond acceptors (Lipinski definition) is 1. The maximum atomic E-state index is 11.2. The molecule has 1 aliphatic carbocycles. The monoisotopic (exact) mass is 289 g/mol. The molecular weight excluding hydrogens is 278 g/mol. The highest BCUT2D eigenvalue weighted by atomic mass is 79.9. The van der Waals surface area contributed by atoms with E-state index in [1.54, 1.807) is 0 Å². The third-order valence-electron chi connectivity index (χ3n) is 3.24. The summed E-state index contributed by atoms with van der Waals surface area (Å²) in [4.78, 5) is 14.5. The molecule has 0 unspecified atom stereocenters. The number of carbonyl (C=O) groups is 1. The van der Waals surface area contributed by atoms with Gasteiger partial charge in [-0.25, -0.2) is 0 Å². The van der Waals surface area contributed by atoms with Crippen LogP contribution in [0.25, 0.3) is 16.5 Å². The average Bonchev–Trinajstić information content (AvgIpc) is 2.73. The number of aromatic amines is 1. The summed E-state index contributed by atoms with van der Waals surface area (Å²) >= 11 is 3.50. The summed E-state index contributed by atoms with van der Waals surface area (Å²) in [5, 5.41) is 1.22. The second kappa shape index (κ2) is 4.15. The predicted molar refractivity (Wildman–Crippen MR) is 72.8 cm³/mol. The fourth-order valence-electron chi connectivity index (χ4n) is 2.32. The zero-order valence-electron chi connectivity index (χ0n) is 9.29. The van der Waals surface area contributed by atoms with Crippen LogP contribution in [0.4, 0.5) is 0 Å². The largest absolute Gasteiger partial charge is 0.361 e. The molecule has 0 saturated heterocycles. The normalized spacial score (nSPS) is 16.3. The summed E-state index contributed by atoms with van der Waals surface area (Å²) < 4.78 is 1.08. The van der Waals surface area contributed by atoms with Gasteiger partial charge < -0.3 is 4.98 Å². The van der Waals surface area contributed by atoms with E-state index in [1.165, 1.54) is 16.5 Å². The number of ketones is 1. The Bertz CT molecular complexity index is 624. The van der Waals surface area contributed by atoms with Crippen LogP contribution in [-0.4, -0.2) is 10.8 Å². The minimum Gasteiger partial charge on any atom is -0.361 e. The predicted octanol–water partition coefficient (Wildman–Crippen LogP) is 4.07. The number of benzene rings is 1. The van der Waals surface area contributed by atoms with Crippen LogP contribution in [0.1, 0.15) is 24.8 Å². The van der Waals surface area contributed by atoms with Crippen LogP contribution in [0.15, 0.2) is 34.9 Å². The number of H-pyrrole nitrogens is 1. The van der Waals surface area contributed by atoms with E-state index in [9.17, 15) is 4.79 Å². The molecule has 2 aromatic rings. The van der Waals surface area contributed by atoms with Crippen molar-refractivity contribution in [3.8, 4) is 0 Å². The molecule has 86 valence electrons. The maximum absolute atomic E-state index is 11.2. The molecule has 1 aromatic heterocycles. The molecule has 0 spiro atoms. The van der Waals surface area contributed by atoms with Crippen molar-refractivity contribution in [1.29, 1.82) is 0 Å². The highest BCUT2D eigenvalue weighted by molar-refractivity contribution is 9.10. The summed E-state index contributed by atoms with van der Waals surface area (Å²) in [6.07, 6.45) is 6.22. The summed E-state index contributed by atoms with van der Waals surface area (Å²) in [6, 6.07) is 6.22. The van der Waals surface area contributed by atoms with Crippen molar-refractivity contribution in [1.82, 2.24) is 4.98 Å². The molecule has 0 amide bonds. The van der Waals surface area contributed by atoms with E-state index in [1.807, 2.05) is 12.3 Å². The summed E-state index contributed by atoms with van der Waals surface area (Å²) in [5.74, 6) is 0.342. The van der Waals surface area contributed by atoms with Gasteiger partial charge in [-0.05, 0) is 30.2 Å². The van der Waals surface area contributed by atoms with Gasteiger partial charge in [0.2, 0.25) is 0 Å². The Labute approximate surface area is 108 Å². The van der Waals surface area contributed by atoms with Crippen LogP contribution in [0.3, 0.4) is 0 Å². The van der Waals surface area contributed by atoms with Crippen molar-refractivity contribution in [3.05, 3.63) is 40.5 Å². The lowest BCUT2D eigenvalue weighted by atomic mass is 9.93. The second-order valence-corrected chi connectivity index (χ2v) is 5.28. The number of fused-ring (bicyclic) bond motifs is 1. The van der Waals surface area contributed by atoms with Gasteiger partial charge in [-0.3, -0.25) is 4.79 Å². The number of nitrogens with one attached hydrogen (secondary N) is 1. The molecule has 1 aromatic carbocycles. The van der Waals surface area contributed by atoms with E-state index in [0.717, 1.165) is 16.4 Å². The molecule has 0 aliphatic heterocycles. The van der Waals surface area contributed by atoms with Gasteiger partial charge >= 0.3 is 0 Å². The SMILES string of the molecule is O=C1CC=C(c2c[nH]c3ccc(Br)cc23)CC1. The van der Waals surface area contributed by atoms with Crippen LogP contribution in [-0.2, 0) is 4.79 Å². The Morgan fingerprint density at radius 1 is 1.24 bits per heavy atom. The summed E-state index contributed by atoms with van der Waals surface area (Å²) in [6.45, 7) is 0. The number of Topliss-reactive ketones (excluding diaryl/α,β-unsaturated/α-hetero) is 1. The first-order valence-electron chi connectivity index (χ1n) is 5.72. The molecular formula is C14H12BrNO. The standard InChI is InChI=1S/C14H12BrNO/c15-10-3-6-14-12(7-10)13(8-16-14)9-1-4-11(17)5-2-9/h1,3,6-8,16H,2,4-5H2. The smallest absolute Gasteiger partial charge is 0.137 e. The number of aromatic nitrogens is 1. The lowest BCUT2D eigenvalue weighted by molar-refractivity contribution is -0.118. The summed E-state index contributed by atoms with van der Waals surface area (Å²) in [5.41, 5.74) is 3.66. The molecule has 0 bridgehead atoms. The van der Waals surface area contributed by atoms with Gasteiger partial charge in [0.05, 0.1) is 0 Å². The topological polar surface area (TPSA) is 32.9 Å². The van der Waals surface area contributed by atoms with Gasteiger partial charge in [0.15, 0.2) is 0 Å². The summed E-state index contributed by atoms with van der Waals surface area (Å²) in [7, 11) is 0. The Morgan fingerprint density at radius 3 is 2.88 bits per heavy atom. The van der Waals surface area contributed by atoms with Crippen LogP contribution < -0.4 is 0 Å². The third kappa shape index (κ3) is 1.95. The molecule has 1 N–H and O–H groups in total. The van der Waals surface area contributed by atoms with Gasteiger partial charge in [-0.2, -0.15) is 0 Å². The van der Waals surface area contributed by atoms with E-state index in [2.05, 4.69) is 39.1 Å². The number of carbonyl (C=O) groups excluding carboxylic acids is 1. The number of rotatable bonds is 1. The molecule has 17 heavy (non-hydrogen) atoms. The highest BCUT2D eigenvalue weighted by Crippen LogP contribution is 2.32. The molecule has 0 atom stereocenters. The Hall–Kier alpha value is -1.35. The van der Waals surface area contributed by atoms with Gasteiger partial charge in [-0.15, -0.1) is 0 Å². The molecule has 0 saturated carbocycles. The van der Waals surface area contributed by atoms with Gasteiger partial charge in [0, 0.05) is 40.0 Å². The first-order valence-corrected chi connectivity index (χ1v) is 6.51. The van der Waals surface area contributed by atoms with E-state index >= 15 is 0 Å². The molecule has 3 heteroatoms. The molecule has 1 heterocycles. The van der Waals surface area contributed by atoms with Crippen molar-refractivity contribution < 1.29 is 4.79 Å². The number of allylic oxidation sites excluding steroid dienone is 2. The fourth-order valence-corrected chi connectivity index (χ4v) is 2.68. The van der Waals surface area contributed by atoms with Crippen LogP contribution in [0.2, 0.25) is 0 Å². The van der Waals surface area contributed by atoms with Crippen molar-refractivity contribution in [2.45, 2.75) is 19.3 Å². The zero-order chi connectivity index (χ0) is 11.8. The first-order chi connectivity index (χ1) is 8.24. The van der Waals surface area contributed by atoms with E-state index in [0.29, 0.717) is 18.6 Å². The fraction of sp³-hybridized carbons (Fsp3) is 0.214. The van der Waals surface area contributed by atoms with Gasteiger partial charge in [0.25, 0.3) is 0 Å². The van der Waals surface area contributed by atoms with E-state index < -0.39 is 0 Å². The molecule has 3 rings (SSSR count). The third-order valence-corrected chi connectivity index (χ3v) is 3.73. The molecule has 1 aliphatic rings. The Balaban J connectivity index is 2.11. The minimum atomic E-state index is 0.342. The average molecular weight is 290 g/mol. The van der Waals surface area contributed by atoms with Crippen LogP contribution >= 0.6 is 15.9 Å². The van der Waals surface area contributed by atoms with Gasteiger partial charge in [0.1, 0.15) is 5.78 Å². The zero-order valence-corrected chi connectivity index (χ0v) is 10.9. The molecule has 0 radical (unpaired) electrons. The first kappa shape index (κ1) is 10.8. The minimum absolute atomic E-state index is 0.342. The Morgan fingerprint density at radius 2 is 2.12 bits per heavy atom. The maximum Gasteiger partial charge on any atom is 0.137 e. The van der Waals surface area contributed by atoms with E-state index in [4.69, 9.17) is 0 Å². The van der Waals surface area contributed by atoms with Crippen molar-refractivity contribution >= 4 is 38.2 Å². The number of halogens is 1. The lowest BCUT2D eigenvalue weighted by Crippen LogP contribution is -2.02. The molecule has 2 nitrogen and oxygen atoms in total. The second-order valence-electron chi connectivity index (χ2n) is 4.36. The lowest BCUT2D eigenvalue weighted by Gasteiger charge is -2.11. The van der Waals surface area contributed by atoms with Crippen molar-refractivity contribution in [2.75, 3.05) is 0 Å². The van der Waals surface area contributed by atoms with Crippen LogP contribution in [0.5, 0.6) is 0 Å². The van der Waals surface area contributed by atoms with Crippen molar-refractivity contribution in [2.24, 2.45) is 0 Å². The quantitative estimate of drug-likeness (QED) is 0.843. The van der Waals surface area contributed by atoms with Gasteiger partial charge in [-0.1, -0.05) is 22.0 Å².